The van der Waals surface area contributed by atoms with Gasteiger partial charge in [-0.3, -0.25) is 4.68 Å². The first-order valence-corrected chi connectivity index (χ1v) is 11.9. The van der Waals surface area contributed by atoms with Crippen LogP contribution in [0.15, 0.2) is 30.6 Å². The smallest absolute Gasteiger partial charge is 0.228 e. The van der Waals surface area contributed by atoms with Crippen LogP contribution in [0.5, 0.6) is 0 Å². The van der Waals surface area contributed by atoms with E-state index in [1.54, 1.807) is 0 Å². The van der Waals surface area contributed by atoms with Crippen molar-refractivity contribution in [3.8, 4) is 11.3 Å². The van der Waals surface area contributed by atoms with Gasteiger partial charge in [-0.1, -0.05) is 0 Å². The Kier molecular flexibility index (Phi) is 5.40. The van der Waals surface area contributed by atoms with Crippen LogP contribution in [0.2, 0.25) is 0 Å². The number of benzene rings is 1. The van der Waals surface area contributed by atoms with Gasteiger partial charge in [-0.2, -0.15) is 10.1 Å². The number of halogens is 2. The molecule has 0 spiro atoms. The van der Waals surface area contributed by atoms with Crippen LogP contribution >= 0.6 is 0 Å². The van der Waals surface area contributed by atoms with Gasteiger partial charge in [0.2, 0.25) is 5.95 Å². The Balaban J connectivity index is 1.43. The zero-order valence-electron chi connectivity index (χ0n) is 19.6. The van der Waals surface area contributed by atoms with Crippen molar-refractivity contribution in [2.45, 2.75) is 45.3 Å². The molecule has 1 saturated heterocycles. The lowest BCUT2D eigenvalue weighted by Crippen LogP contribution is -2.29. The van der Waals surface area contributed by atoms with E-state index >= 15 is 0 Å². The third kappa shape index (κ3) is 4.22. The molecule has 1 aliphatic heterocycles. The van der Waals surface area contributed by atoms with Gasteiger partial charge in [-0.05, 0) is 45.2 Å². The first-order chi connectivity index (χ1) is 17.0. The molecule has 6 rings (SSSR count). The molecule has 1 unspecified atom stereocenters. The fourth-order valence-electron chi connectivity index (χ4n) is 4.38. The number of rotatable bonds is 4. The molecule has 0 radical (unpaired) electrons. The number of hydrogen-bond acceptors (Lipinski definition) is 7. The summed E-state index contributed by atoms with van der Waals surface area (Å²) in [6.07, 6.45) is 6.84. The predicted octanol–water partition coefficient (Wildman–Crippen LogP) is 4.48. The fourth-order valence-corrected chi connectivity index (χ4v) is 4.38. The third-order valence-corrected chi connectivity index (χ3v) is 6.59. The molecule has 4 heterocycles. The van der Waals surface area contributed by atoms with Crippen LogP contribution in [0.3, 0.4) is 0 Å². The molecule has 8 nitrogen and oxygen atoms in total. The summed E-state index contributed by atoms with van der Waals surface area (Å²) in [6.45, 7) is 5.48. The van der Waals surface area contributed by atoms with Crippen LogP contribution in [-0.4, -0.2) is 49.4 Å². The van der Waals surface area contributed by atoms with E-state index < -0.39 is 11.6 Å². The van der Waals surface area contributed by atoms with Crippen molar-refractivity contribution in [1.29, 1.82) is 0 Å². The van der Waals surface area contributed by atoms with Crippen molar-refractivity contribution in [2.24, 2.45) is 0 Å². The topological polar surface area (TPSA) is 81.9 Å². The number of nitrogens with zero attached hydrogens (tertiary/aromatic N) is 7. The minimum Gasteiger partial charge on any atom is -0.371 e. The van der Waals surface area contributed by atoms with Crippen LogP contribution in [0.1, 0.15) is 48.4 Å². The molecule has 1 aliphatic carbocycles. The van der Waals surface area contributed by atoms with E-state index in [0.29, 0.717) is 54.2 Å². The monoisotopic (exact) mass is 477 g/mol. The van der Waals surface area contributed by atoms with E-state index in [9.17, 15) is 8.78 Å². The second kappa shape index (κ2) is 8.60. The summed E-state index contributed by atoms with van der Waals surface area (Å²) >= 11 is 0. The third-order valence-electron chi connectivity index (χ3n) is 6.59. The van der Waals surface area contributed by atoms with Crippen LogP contribution in [-0.2, 0) is 4.74 Å². The van der Waals surface area contributed by atoms with Crippen molar-refractivity contribution in [3.63, 3.8) is 0 Å². The van der Waals surface area contributed by atoms with E-state index in [0.717, 1.165) is 36.6 Å². The minimum absolute atomic E-state index is 0.158. The highest BCUT2D eigenvalue weighted by molar-refractivity contribution is 5.88. The summed E-state index contributed by atoms with van der Waals surface area (Å²) in [5, 5.41) is 4.51. The van der Waals surface area contributed by atoms with Gasteiger partial charge in [0.05, 0.1) is 30.2 Å². The van der Waals surface area contributed by atoms with Crippen molar-refractivity contribution in [1.82, 2.24) is 29.7 Å². The van der Waals surface area contributed by atoms with E-state index in [4.69, 9.17) is 14.7 Å². The highest BCUT2D eigenvalue weighted by atomic mass is 19.1. The van der Waals surface area contributed by atoms with Crippen molar-refractivity contribution < 1.29 is 13.5 Å². The Morgan fingerprint density at radius 2 is 1.86 bits per heavy atom. The first kappa shape index (κ1) is 22.0. The average Bonchev–Trinajstić information content (AvgIpc) is 3.62. The summed E-state index contributed by atoms with van der Waals surface area (Å²) in [4.78, 5) is 20.7. The first-order valence-electron chi connectivity index (χ1n) is 11.9. The van der Waals surface area contributed by atoms with Gasteiger partial charge in [0.25, 0.3) is 0 Å². The fraction of sp³-hybridized carbons (Fsp3) is 0.400. The molecule has 1 atom stereocenters. The number of hydrogen-bond donors (Lipinski definition) is 0. The molecular weight excluding hydrogens is 452 g/mol. The average molecular weight is 478 g/mol. The van der Waals surface area contributed by atoms with E-state index in [-0.39, 0.29) is 11.7 Å². The summed E-state index contributed by atoms with van der Waals surface area (Å²) in [5.41, 5.74) is 3.66. The summed E-state index contributed by atoms with van der Waals surface area (Å²) < 4.78 is 36.6. The minimum atomic E-state index is -0.708. The van der Waals surface area contributed by atoms with Crippen molar-refractivity contribution >= 4 is 17.1 Å². The molecule has 0 N–H and O–H groups in total. The number of anilines is 1. The Bertz CT molecular complexity index is 1420. The van der Waals surface area contributed by atoms with Crippen molar-refractivity contribution in [2.75, 3.05) is 24.6 Å². The molecule has 35 heavy (non-hydrogen) atoms. The van der Waals surface area contributed by atoms with Gasteiger partial charge in [0.15, 0.2) is 5.65 Å². The maximum absolute atomic E-state index is 14.8. The molecule has 1 saturated carbocycles. The SMILES string of the molecule is Cc1nc2nc(N3CCCOC(c4cnn(C5CC5)c4)C3)nc(-c3ccc(F)cc3F)c2nc1C. The largest absolute Gasteiger partial charge is 0.371 e. The second-order valence-corrected chi connectivity index (χ2v) is 9.21. The second-order valence-electron chi connectivity index (χ2n) is 9.21. The lowest BCUT2D eigenvalue weighted by molar-refractivity contribution is 0.0685. The molecule has 3 aromatic heterocycles. The normalized spacial score (nSPS) is 18.7. The van der Waals surface area contributed by atoms with Gasteiger partial charge in [0, 0.05) is 36.5 Å². The highest BCUT2D eigenvalue weighted by Gasteiger charge is 2.28. The predicted molar refractivity (Wildman–Crippen MR) is 126 cm³/mol. The Morgan fingerprint density at radius 1 is 1.03 bits per heavy atom. The molecule has 0 bridgehead atoms. The van der Waals surface area contributed by atoms with E-state index in [1.165, 1.54) is 12.1 Å². The maximum Gasteiger partial charge on any atom is 0.228 e. The number of aryl methyl sites for hydroxylation is 2. The Hall–Kier alpha value is -3.53. The molecule has 4 aromatic rings. The molecule has 2 fully saturated rings. The van der Waals surface area contributed by atoms with E-state index in [2.05, 4.69) is 21.3 Å². The van der Waals surface area contributed by atoms with Crippen LogP contribution in [0, 0.1) is 25.5 Å². The Labute approximate surface area is 201 Å². The number of fused-ring (bicyclic) bond motifs is 1. The molecule has 2 aliphatic rings. The van der Waals surface area contributed by atoms with Gasteiger partial charge in [0.1, 0.15) is 28.9 Å². The number of ether oxygens (including phenoxy) is 1. The van der Waals surface area contributed by atoms with Gasteiger partial charge < -0.3 is 9.64 Å². The summed E-state index contributed by atoms with van der Waals surface area (Å²) in [7, 11) is 0. The quantitative estimate of drug-likeness (QED) is 0.429. The standard InChI is InChI=1S/C25H25F2N7O/c1-14-15(2)30-24-23(29-14)22(19-7-4-17(26)10-20(19)27)31-25(32-24)33-8-3-9-35-21(13-33)16-11-28-34(12-16)18-5-6-18/h4,7,10-12,18,21H,3,5-6,8-9,13H2,1-2H3. The van der Waals surface area contributed by atoms with Gasteiger partial charge in [-0.25, -0.2) is 23.7 Å². The maximum atomic E-state index is 14.8. The molecule has 10 heteroatoms. The Morgan fingerprint density at radius 3 is 2.66 bits per heavy atom. The zero-order valence-corrected chi connectivity index (χ0v) is 19.6. The van der Waals surface area contributed by atoms with Gasteiger partial charge >= 0.3 is 0 Å². The molecule has 180 valence electrons. The van der Waals surface area contributed by atoms with Gasteiger partial charge in [-0.15, -0.1) is 0 Å². The zero-order chi connectivity index (χ0) is 24.1. The molecular formula is C25H25F2N7O. The molecule has 1 aromatic carbocycles. The van der Waals surface area contributed by atoms with Crippen molar-refractivity contribution in [3.05, 3.63) is 59.2 Å². The van der Waals surface area contributed by atoms with E-state index in [1.807, 2.05) is 29.6 Å². The van der Waals surface area contributed by atoms with Crippen LogP contribution in [0.25, 0.3) is 22.4 Å². The lowest BCUT2D eigenvalue weighted by atomic mass is 10.1. The summed E-state index contributed by atoms with van der Waals surface area (Å²) in [6, 6.07) is 3.94. The lowest BCUT2D eigenvalue weighted by Gasteiger charge is -2.24. The van der Waals surface area contributed by atoms with Crippen LogP contribution < -0.4 is 4.90 Å². The highest BCUT2D eigenvalue weighted by Crippen LogP contribution is 2.35. The molecule has 0 amide bonds. The summed E-state index contributed by atoms with van der Waals surface area (Å²) in [5.74, 6) is -0.943. The number of aromatic nitrogens is 6. The van der Waals surface area contributed by atoms with Crippen LogP contribution in [0.4, 0.5) is 14.7 Å².